The molecule has 0 unspecified atom stereocenters. The second-order valence-corrected chi connectivity index (χ2v) is 7.85. The Morgan fingerprint density at radius 2 is 1.67 bits per heavy atom. The number of halogens is 1. The summed E-state index contributed by atoms with van der Waals surface area (Å²) in [6.45, 7) is 2.58. The van der Waals surface area contributed by atoms with E-state index in [1.807, 2.05) is 30.3 Å². The van der Waals surface area contributed by atoms with Gasteiger partial charge >= 0.3 is 0 Å². The molecule has 4 nitrogen and oxygen atoms in total. The molecular weight excluding hydrogens is 379 g/mol. The summed E-state index contributed by atoms with van der Waals surface area (Å²) in [4.78, 5) is 15.7. The second kappa shape index (κ2) is 8.67. The van der Waals surface area contributed by atoms with Crippen LogP contribution in [0.3, 0.4) is 0 Å². The van der Waals surface area contributed by atoms with Gasteiger partial charge in [0.2, 0.25) is 0 Å². The van der Waals surface area contributed by atoms with Gasteiger partial charge in [-0.05, 0) is 34.9 Å². The van der Waals surface area contributed by atoms with Gasteiger partial charge in [-0.15, -0.1) is 0 Å². The second-order valence-electron chi connectivity index (χ2n) is 7.85. The highest BCUT2D eigenvalue weighted by Gasteiger charge is 2.19. The normalized spacial score (nSPS) is 13.2. The van der Waals surface area contributed by atoms with Gasteiger partial charge in [0.05, 0.1) is 0 Å². The van der Waals surface area contributed by atoms with Gasteiger partial charge in [-0.25, -0.2) is 4.39 Å². The smallest absolute Gasteiger partial charge is 0.253 e. The van der Waals surface area contributed by atoms with E-state index < -0.39 is 0 Å². The Morgan fingerprint density at radius 1 is 1.00 bits per heavy atom. The Labute approximate surface area is 176 Å². The first-order valence-electron chi connectivity index (χ1n) is 10.0. The number of hydrogen-bond donors (Lipinski definition) is 0. The van der Waals surface area contributed by atoms with Crippen molar-refractivity contribution in [3.8, 4) is 5.75 Å². The van der Waals surface area contributed by atoms with Crippen molar-refractivity contribution < 1.29 is 13.9 Å². The van der Waals surface area contributed by atoms with Crippen molar-refractivity contribution >= 4 is 5.91 Å². The molecule has 0 aliphatic carbocycles. The highest BCUT2D eigenvalue weighted by molar-refractivity contribution is 5.93. The van der Waals surface area contributed by atoms with Crippen molar-refractivity contribution in [3.05, 3.63) is 100 Å². The lowest BCUT2D eigenvalue weighted by atomic mass is 10.1. The van der Waals surface area contributed by atoms with Crippen LogP contribution in [0.1, 0.15) is 32.6 Å². The molecule has 5 heteroatoms. The third kappa shape index (κ3) is 4.52. The predicted octanol–water partition coefficient (Wildman–Crippen LogP) is 4.62. The van der Waals surface area contributed by atoms with Crippen molar-refractivity contribution in [2.24, 2.45) is 0 Å². The fraction of sp³-hybridized carbons (Fsp3) is 0.240. The Balaban J connectivity index is 1.34. The maximum atomic E-state index is 14.6. The summed E-state index contributed by atoms with van der Waals surface area (Å²) in [7, 11) is 3.44. The number of fused-ring (bicyclic) bond motifs is 1. The minimum absolute atomic E-state index is 0.0405. The molecule has 0 saturated carbocycles. The van der Waals surface area contributed by atoms with Crippen LogP contribution in [0.5, 0.6) is 5.75 Å². The van der Waals surface area contributed by atoms with E-state index in [-0.39, 0.29) is 11.7 Å². The van der Waals surface area contributed by atoms with Gasteiger partial charge in [0.1, 0.15) is 18.2 Å². The Hall–Kier alpha value is -3.18. The molecular formula is C25H25FN2O2. The lowest BCUT2D eigenvalue weighted by molar-refractivity contribution is 0.0827. The molecule has 0 radical (unpaired) electrons. The standard InChI is InChI=1S/C25H25FN2O2/c1-27(2)25(29)19-9-7-18(8-10-19)17-30-23-12-11-22(24(26)13-23)16-28-14-20-5-3-4-6-21(20)15-28/h3-13H,14-17H2,1-2H3. The zero-order valence-electron chi connectivity index (χ0n) is 17.3. The van der Waals surface area contributed by atoms with Crippen molar-refractivity contribution in [1.82, 2.24) is 9.80 Å². The maximum Gasteiger partial charge on any atom is 0.253 e. The van der Waals surface area contributed by atoms with E-state index in [1.165, 1.54) is 22.1 Å². The van der Waals surface area contributed by atoms with E-state index in [0.717, 1.165) is 18.7 Å². The Bertz CT molecular complexity index is 1020. The monoisotopic (exact) mass is 404 g/mol. The molecule has 3 aromatic rings. The summed E-state index contributed by atoms with van der Waals surface area (Å²) in [5, 5.41) is 0. The lowest BCUT2D eigenvalue weighted by Gasteiger charge is -2.16. The fourth-order valence-electron chi connectivity index (χ4n) is 3.67. The van der Waals surface area contributed by atoms with E-state index >= 15 is 0 Å². The molecule has 0 aromatic heterocycles. The maximum absolute atomic E-state index is 14.6. The number of rotatable bonds is 6. The average Bonchev–Trinajstić information content (AvgIpc) is 3.16. The minimum atomic E-state index is -0.254. The molecule has 0 saturated heterocycles. The molecule has 4 rings (SSSR count). The van der Waals surface area contributed by atoms with Crippen LogP contribution in [0.2, 0.25) is 0 Å². The van der Waals surface area contributed by atoms with Crippen molar-refractivity contribution in [2.75, 3.05) is 14.1 Å². The Kier molecular flexibility index (Phi) is 5.81. The largest absolute Gasteiger partial charge is 0.489 e. The van der Waals surface area contributed by atoms with Crippen LogP contribution in [0.15, 0.2) is 66.7 Å². The van der Waals surface area contributed by atoms with Crippen LogP contribution < -0.4 is 4.74 Å². The van der Waals surface area contributed by atoms with Crippen molar-refractivity contribution in [3.63, 3.8) is 0 Å². The van der Waals surface area contributed by atoms with E-state index in [0.29, 0.717) is 30.0 Å². The fourth-order valence-corrected chi connectivity index (χ4v) is 3.67. The van der Waals surface area contributed by atoms with E-state index in [2.05, 4.69) is 17.0 Å². The predicted molar refractivity (Wildman–Crippen MR) is 115 cm³/mol. The van der Waals surface area contributed by atoms with E-state index in [1.54, 1.807) is 32.3 Å². The van der Waals surface area contributed by atoms with Gasteiger partial charge < -0.3 is 9.64 Å². The number of nitrogens with zero attached hydrogens (tertiary/aromatic N) is 2. The van der Waals surface area contributed by atoms with Gasteiger partial charge in [-0.1, -0.05) is 42.5 Å². The molecule has 3 aromatic carbocycles. The van der Waals surface area contributed by atoms with Crippen LogP contribution in [0, 0.1) is 5.82 Å². The zero-order valence-corrected chi connectivity index (χ0v) is 17.3. The molecule has 1 heterocycles. The molecule has 0 fully saturated rings. The number of hydrogen-bond acceptors (Lipinski definition) is 3. The van der Waals surface area contributed by atoms with Gasteiger partial charge in [0.15, 0.2) is 0 Å². The molecule has 30 heavy (non-hydrogen) atoms. The molecule has 154 valence electrons. The molecule has 1 amide bonds. The summed E-state index contributed by atoms with van der Waals surface area (Å²) in [5.41, 5.74) is 4.85. The first kappa shape index (κ1) is 20.1. The highest BCUT2D eigenvalue weighted by Crippen LogP contribution is 2.26. The summed E-state index contributed by atoms with van der Waals surface area (Å²) >= 11 is 0. The van der Waals surface area contributed by atoms with Crippen molar-refractivity contribution in [1.29, 1.82) is 0 Å². The van der Waals surface area contributed by atoms with Crippen LogP contribution in [0.25, 0.3) is 0 Å². The van der Waals surface area contributed by atoms with E-state index in [4.69, 9.17) is 4.74 Å². The van der Waals surface area contributed by atoms with E-state index in [9.17, 15) is 9.18 Å². The number of carbonyl (C=O) groups excluding carboxylic acids is 1. The third-order valence-corrected chi connectivity index (χ3v) is 5.34. The molecule has 1 aliphatic rings. The molecule has 0 spiro atoms. The summed E-state index contributed by atoms with van der Waals surface area (Å²) in [5.74, 6) is 0.200. The quantitative estimate of drug-likeness (QED) is 0.601. The summed E-state index contributed by atoms with van der Waals surface area (Å²) in [6.07, 6.45) is 0. The Morgan fingerprint density at radius 3 is 2.27 bits per heavy atom. The topological polar surface area (TPSA) is 32.8 Å². The number of ether oxygens (including phenoxy) is 1. The molecule has 0 atom stereocenters. The van der Waals surface area contributed by atoms with Gasteiger partial charge in [0, 0.05) is 50.9 Å². The first-order valence-corrected chi connectivity index (χ1v) is 10.0. The zero-order chi connectivity index (χ0) is 21.1. The van der Waals surface area contributed by atoms with Crippen LogP contribution in [-0.2, 0) is 26.2 Å². The van der Waals surface area contributed by atoms with Gasteiger partial charge in [-0.2, -0.15) is 0 Å². The average molecular weight is 404 g/mol. The SMILES string of the molecule is CN(C)C(=O)c1ccc(COc2ccc(CN3Cc4ccccc4C3)c(F)c2)cc1. The van der Waals surface area contributed by atoms with Crippen LogP contribution in [-0.4, -0.2) is 29.8 Å². The number of benzene rings is 3. The highest BCUT2D eigenvalue weighted by atomic mass is 19.1. The summed E-state index contributed by atoms with van der Waals surface area (Å²) in [6, 6.07) is 20.7. The van der Waals surface area contributed by atoms with Crippen LogP contribution >= 0.6 is 0 Å². The minimum Gasteiger partial charge on any atom is -0.489 e. The molecule has 0 bridgehead atoms. The van der Waals surface area contributed by atoms with Gasteiger partial charge in [-0.3, -0.25) is 9.69 Å². The number of amides is 1. The molecule has 0 N–H and O–H groups in total. The molecule has 1 aliphatic heterocycles. The van der Waals surface area contributed by atoms with Crippen molar-refractivity contribution in [2.45, 2.75) is 26.2 Å². The third-order valence-electron chi connectivity index (χ3n) is 5.34. The lowest BCUT2D eigenvalue weighted by Crippen LogP contribution is -2.21. The number of carbonyl (C=O) groups is 1. The summed E-state index contributed by atoms with van der Waals surface area (Å²) < 4.78 is 20.4. The van der Waals surface area contributed by atoms with Gasteiger partial charge in [0.25, 0.3) is 5.91 Å². The van der Waals surface area contributed by atoms with Crippen LogP contribution in [0.4, 0.5) is 4.39 Å². The first-order chi connectivity index (χ1) is 14.5.